The van der Waals surface area contributed by atoms with Crippen LogP contribution in [0, 0.1) is 12.8 Å². The molecule has 2 aromatic rings. The van der Waals surface area contributed by atoms with Crippen LogP contribution < -0.4 is 4.74 Å². The maximum absolute atomic E-state index is 13.8. The second kappa shape index (κ2) is 8.60. The van der Waals surface area contributed by atoms with Crippen molar-refractivity contribution < 1.29 is 19.7 Å². The summed E-state index contributed by atoms with van der Waals surface area (Å²) in [5.41, 5.74) is 2.70. The summed E-state index contributed by atoms with van der Waals surface area (Å²) in [7, 11) is 2.10. The zero-order chi connectivity index (χ0) is 26.1. The van der Waals surface area contributed by atoms with Crippen molar-refractivity contribution in [1.29, 1.82) is 0 Å². The molecule has 0 unspecified atom stereocenters. The molecule has 0 aromatic heterocycles. The van der Waals surface area contributed by atoms with E-state index in [-0.39, 0.29) is 29.7 Å². The Morgan fingerprint density at radius 1 is 1.27 bits per heavy atom. The molecule has 37 heavy (non-hydrogen) atoms. The monoisotopic (exact) mass is 502 g/mol. The van der Waals surface area contributed by atoms with Gasteiger partial charge >= 0.3 is 0 Å². The van der Waals surface area contributed by atoms with Crippen LogP contribution in [0.5, 0.6) is 11.5 Å². The first-order chi connectivity index (χ1) is 17.7. The lowest BCUT2D eigenvalue weighted by molar-refractivity contribution is -0.197. The third-order valence-electron chi connectivity index (χ3n) is 9.40. The molecule has 1 amide bonds. The van der Waals surface area contributed by atoms with E-state index in [1.807, 2.05) is 42.2 Å². The Morgan fingerprint density at radius 2 is 2.08 bits per heavy atom. The van der Waals surface area contributed by atoms with E-state index in [0.29, 0.717) is 25.1 Å². The van der Waals surface area contributed by atoms with Crippen molar-refractivity contribution in [2.24, 2.45) is 5.92 Å². The van der Waals surface area contributed by atoms with Crippen LogP contribution in [0.25, 0.3) is 6.08 Å². The number of nitrogens with zero attached hydrogens (tertiary/aromatic N) is 2. The number of hydrogen-bond acceptors (Lipinski definition) is 5. The van der Waals surface area contributed by atoms with Crippen LogP contribution in [-0.2, 0) is 16.6 Å². The van der Waals surface area contributed by atoms with E-state index >= 15 is 0 Å². The maximum atomic E-state index is 13.8. The summed E-state index contributed by atoms with van der Waals surface area (Å²) in [6, 6.07) is 11.6. The maximum Gasteiger partial charge on any atom is 0.246 e. The van der Waals surface area contributed by atoms with E-state index in [4.69, 9.17) is 4.74 Å². The molecule has 2 aliphatic heterocycles. The second-order valence-electron chi connectivity index (χ2n) is 12.1. The Morgan fingerprint density at radius 3 is 2.84 bits per heavy atom. The minimum Gasteiger partial charge on any atom is -0.504 e. The lowest BCUT2D eigenvalue weighted by Gasteiger charge is -2.64. The van der Waals surface area contributed by atoms with Crippen molar-refractivity contribution in [3.05, 3.63) is 64.7 Å². The van der Waals surface area contributed by atoms with Crippen molar-refractivity contribution in [3.63, 3.8) is 0 Å². The van der Waals surface area contributed by atoms with Gasteiger partial charge in [-0.2, -0.15) is 0 Å². The van der Waals surface area contributed by atoms with Gasteiger partial charge < -0.3 is 24.7 Å². The van der Waals surface area contributed by atoms with E-state index in [9.17, 15) is 15.0 Å². The van der Waals surface area contributed by atoms with Gasteiger partial charge in [-0.15, -0.1) is 0 Å². The van der Waals surface area contributed by atoms with E-state index in [2.05, 4.69) is 31.9 Å². The molecule has 1 spiro atoms. The van der Waals surface area contributed by atoms with Crippen LogP contribution in [0.4, 0.5) is 0 Å². The number of likely N-dealkylation sites (N-methyl/N-ethyl adjacent to an activating group) is 1. The van der Waals surface area contributed by atoms with Gasteiger partial charge in [0.1, 0.15) is 6.10 Å². The number of benzene rings is 2. The van der Waals surface area contributed by atoms with Gasteiger partial charge in [-0.3, -0.25) is 4.79 Å². The molecule has 6 rings (SSSR count). The molecular weight excluding hydrogens is 464 g/mol. The third-order valence-corrected chi connectivity index (χ3v) is 9.40. The first-order valence-corrected chi connectivity index (χ1v) is 13.7. The highest BCUT2D eigenvalue weighted by Crippen LogP contribution is 2.65. The zero-order valence-corrected chi connectivity index (χ0v) is 22.3. The Kier molecular flexibility index (Phi) is 5.70. The number of aromatic hydroxyl groups is 1. The predicted octanol–water partition coefficient (Wildman–Crippen LogP) is 4.05. The van der Waals surface area contributed by atoms with Gasteiger partial charge in [0.25, 0.3) is 0 Å². The fourth-order valence-corrected chi connectivity index (χ4v) is 7.87. The number of rotatable bonds is 5. The highest BCUT2D eigenvalue weighted by Gasteiger charge is 2.73. The van der Waals surface area contributed by atoms with Gasteiger partial charge in [-0.25, -0.2) is 0 Å². The zero-order valence-electron chi connectivity index (χ0n) is 22.3. The molecule has 0 radical (unpaired) electrons. The number of phenols is 1. The number of amides is 1. The van der Waals surface area contributed by atoms with Crippen molar-refractivity contribution >= 4 is 12.0 Å². The number of aliphatic hydroxyl groups is 1. The van der Waals surface area contributed by atoms with Crippen LogP contribution in [-0.4, -0.2) is 69.8 Å². The number of carbonyl (C=O) groups excluding carboxylic acids is 1. The van der Waals surface area contributed by atoms with Crippen molar-refractivity contribution in [2.75, 3.05) is 20.1 Å². The molecule has 2 bridgehead atoms. The summed E-state index contributed by atoms with van der Waals surface area (Å²) in [5.74, 6) is 0.885. The van der Waals surface area contributed by atoms with Gasteiger partial charge in [-0.1, -0.05) is 49.7 Å². The molecule has 2 N–H and O–H groups in total. The molecule has 2 fully saturated rings. The van der Waals surface area contributed by atoms with Crippen molar-refractivity contribution in [2.45, 2.75) is 75.7 Å². The molecule has 1 saturated heterocycles. The Bertz CT molecular complexity index is 1270. The quantitative estimate of drug-likeness (QED) is 0.604. The molecule has 1 saturated carbocycles. The third kappa shape index (κ3) is 3.48. The number of hydrogen-bond donors (Lipinski definition) is 2. The number of piperidine rings is 1. The minimum absolute atomic E-state index is 0.00763. The van der Waals surface area contributed by atoms with E-state index in [0.717, 1.165) is 41.6 Å². The molecule has 2 aliphatic carbocycles. The molecule has 196 valence electrons. The Balaban J connectivity index is 1.42. The fraction of sp³-hybridized carbons (Fsp3) is 0.516. The van der Waals surface area contributed by atoms with E-state index in [1.165, 1.54) is 0 Å². The van der Waals surface area contributed by atoms with Gasteiger partial charge in [0, 0.05) is 24.2 Å². The van der Waals surface area contributed by atoms with E-state index < -0.39 is 17.1 Å². The number of likely N-dealkylation sites (tertiary alicyclic amines) is 1. The van der Waals surface area contributed by atoms with Crippen LogP contribution >= 0.6 is 0 Å². The van der Waals surface area contributed by atoms with Crippen molar-refractivity contribution in [1.82, 2.24) is 9.80 Å². The summed E-state index contributed by atoms with van der Waals surface area (Å²) in [6.45, 7) is 7.75. The standard InChI is InChI=1S/C31H38N2O4/c1-19(2)18-33(26(35)11-8-21-7-5-6-20(3)16-21)23-12-13-31(36)25-17-22-9-10-24(34)28-27(22)30(31,29(23)37-28)14-15-32(25)4/h5-11,16,19,23,25,29,34,36H,12-15,17-18H2,1-4H3/t23-,25-,29+,30+,31-/m1/s1. The smallest absolute Gasteiger partial charge is 0.246 e. The lowest BCUT2D eigenvalue weighted by Crippen LogP contribution is -2.78. The highest BCUT2D eigenvalue weighted by molar-refractivity contribution is 5.92. The Hall–Kier alpha value is -2.83. The normalized spacial score (nSPS) is 31.9. The SMILES string of the molecule is Cc1cccc(C=CC(=O)N(CC(C)C)[C@@H]2CC[C@@]3(O)[C@H]4Cc5ccc(O)c6c5[C@@]3(CCN4C)[C@H]2O6)c1. The van der Waals surface area contributed by atoms with Crippen LogP contribution in [0.2, 0.25) is 0 Å². The molecular formula is C31H38N2O4. The largest absolute Gasteiger partial charge is 0.504 e. The lowest BCUT2D eigenvalue weighted by atomic mass is 9.48. The number of phenolic OH excluding ortho intramolecular Hbond substituents is 1. The van der Waals surface area contributed by atoms with E-state index in [1.54, 1.807) is 12.1 Å². The predicted molar refractivity (Wildman–Crippen MR) is 144 cm³/mol. The summed E-state index contributed by atoms with van der Waals surface area (Å²) >= 11 is 0. The van der Waals surface area contributed by atoms with Gasteiger partial charge in [-0.05, 0) is 75.4 Å². The van der Waals surface area contributed by atoms with Gasteiger partial charge in [0.2, 0.25) is 5.91 Å². The fourth-order valence-electron chi connectivity index (χ4n) is 7.87. The number of ether oxygens (including phenoxy) is 1. The highest BCUT2D eigenvalue weighted by atomic mass is 16.5. The average Bonchev–Trinajstić information content (AvgIpc) is 3.21. The first kappa shape index (κ1) is 24.5. The van der Waals surface area contributed by atoms with Crippen LogP contribution in [0.1, 0.15) is 55.4 Å². The minimum atomic E-state index is -0.961. The Labute approximate surface area is 219 Å². The number of aryl methyl sites for hydroxylation is 1. The summed E-state index contributed by atoms with van der Waals surface area (Å²) in [4.78, 5) is 18.1. The van der Waals surface area contributed by atoms with Crippen LogP contribution in [0.15, 0.2) is 42.5 Å². The molecule has 5 atom stereocenters. The topological polar surface area (TPSA) is 73.2 Å². The number of carbonyl (C=O) groups is 1. The van der Waals surface area contributed by atoms with Gasteiger partial charge in [0.05, 0.1) is 17.1 Å². The molecule has 6 heteroatoms. The van der Waals surface area contributed by atoms with Crippen LogP contribution in [0.3, 0.4) is 0 Å². The molecule has 4 aliphatic rings. The molecule has 2 heterocycles. The summed E-state index contributed by atoms with van der Waals surface area (Å²) < 4.78 is 6.67. The summed E-state index contributed by atoms with van der Waals surface area (Å²) in [6.07, 6.45) is 5.91. The molecule has 6 nitrogen and oxygen atoms in total. The average molecular weight is 503 g/mol. The second-order valence-corrected chi connectivity index (χ2v) is 12.1. The van der Waals surface area contributed by atoms with Crippen molar-refractivity contribution in [3.8, 4) is 11.5 Å². The van der Waals surface area contributed by atoms with Gasteiger partial charge in [0.15, 0.2) is 11.5 Å². The first-order valence-electron chi connectivity index (χ1n) is 13.7. The molecule has 2 aromatic carbocycles. The summed E-state index contributed by atoms with van der Waals surface area (Å²) in [5, 5.41) is 23.3.